The minimum atomic E-state index is -0.207. The molecule has 6 heteroatoms. The van der Waals surface area contributed by atoms with Crippen LogP contribution in [0.15, 0.2) is 18.2 Å². The van der Waals surface area contributed by atoms with E-state index in [9.17, 15) is 9.59 Å². The molecular formula is C12H12Cl2N2O2. The van der Waals surface area contributed by atoms with Crippen LogP contribution in [0.1, 0.15) is 13.3 Å². The van der Waals surface area contributed by atoms with Crippen molar-refractivity contribution in [1.29, 1.82) is 0 Å². The predicted octanol–water partition coefficient (Wildman–Crippen LogP) is 2.64. The number of carbonyl (C=O) groups excluding carboxylic acids is 2. The molecule has 0 aliphatic carbocycles. The van der Waals surface area contributed by atoms with Gasteiger partial charge in [-0.15, -0.1) is 11.6 Å². The van der Waals surface area contributed by atoms with Crippen LogP contribution in [0.4, 0.5) is 11.4 Å². The maximum absolute atomic E-state index is 11.8. The van der Waals surface area contributed by atoms with Crippen LogP contribution >= 0.6 is 23.2 Å². The van der Waals surface area contributed by atoms with Crippen LogP contribution in [0.2, 0.25) is 5.02 Å². The standard InChI is InChI=1S/C12H12Cl2N2O2/c1-7(17)15-10-3-2-8(13)4-11(10)16-6-9(14)5-12(16)18/h2-4,9H,5-6H2,1H3,(H,15,17). The summed E-state index contributed by atoms with van der Waals surface area (Å²) in [5, 5.41) is 2.98. The van der Waals surface area contributed by atoms with Gasteiger partial charge >= 0.3 is 0 Å². The van der Waals surface area contributed by atoms with Gasteiger partial charge in [-0.2, -0.15) is 0 Å². The van der Waals surface area contributed by atoms with E-state index >= 15 is 0 Å². The van der Waals surface area contributed by atoms with Gasteiger partial charge in [0.2, 0.25) is 11.8 Å². The van der Waals surface area contributed by atoms with Crippen molar-refractivity contribution in [1.82, 2.24) is 0 Å². The molecule has 0 spiro atoms. The topological polar surface area (TPSA) is 49.4 Å². The van der Waals surface area contributed by atoms with Gasteiger partial charge in [-0.25, -0.2) is 0 Å². The molecular weight excluding hydrogens is 275 g/mol. The first-order chi connectivity index (χ1) is 8.47. The summed E-state index contributed by atoms with van der Waals surface area (Å²) in [6.07, 6.45) is 0.299. The van der Waals surface area contributed by atoms with Crippen LogP contribution in [0, 0.1) is 0 Å². The van der Waals surface area contributed by atoms with Crippen LogP contribution in [0.5, 0.6) is 0 Å². The fourth-order valence-corrected chi connectivity index (χ4v) is 2.36. The molecule has 0 radical (unpaired) electrons. The minimum Gasteiger partial charge on any atom is -0.325 e. The lowest BCUT2D eigenvalue weighted by molar-refractivity contribution is -0.117. The number of nitrogens with one attached hydrogen (secondary N) is 1. The van der Waals surface area contributed by atoms with Crippen LogP contribution in [-0.2, 0) is 9.59 Å². The zero-order chi connectivity index (χ0) is 13.3. The van der Waals surface area contributed by atoms with Crippen molar-refractivity contribution in [2.24, 2.45) is 0 Å². The Hall–Kier alpha value is -1.26. The summed E-state index contributed by atoms with van der Waals surface area (Å²) < 4.78 is 0. The van der Waals surface area contributed by atoms with Crippen molar-refractivity contribution < 1.29 is 9.59 Å². The summed E-state index contributed by atoms with van der Waals surface area (Å²) in [4.78, 5) is 24.5. The van der Waals surface area contributed by atoms with Crippen molar-refractivity contribution in [2.45, 2.75) is 18.7 Å². The maximum Gasteiger partial charge on any atom is 0.228 e. The highest BCUT2D eigenvalue weighted by Gasteiger charge is 2.30. The monoisotopic (exact) mass is 286 g/mol. The molecule has 1 fully saturated rings. The average Bonchev–Trinajstić information content (AvgIpc) is 2.60. The largest absolute Gasteiger partial charge is 0.325 e. The summed E-state index contributed by atoms with van der Waals surface area (Å²) in [5.41, 5.74) is 1.15. The Balaban J connectivity index is 2.38. The number of halogens is 2. The van der Waals surface area contributed by atoms with Crippen molar-refractivity contribution in [2.75, 3.05) is 16.8 Å². The van der Waals surface area contributed by atoms with Gasteiger partial charge in [0.05, 0.1) is 16.8 Å². The molecule has 0 saturated carbocycles. The zero-order valence-electron chi connectivity index (χ0n) is 9.74. The minimum absolute atomic E-state index is 0.0659. The number of alkyl halides is 1. The van der Waals surface area contributed by atoms with Gasteiger partial charge in [0.15, 0.2) is 0 Å². The molecule has 4 nitrogen and oxygen atoms in total. The molecule has 1 aliphatic rings. The second kappa shape index (κ2) is 5.16. The van der Waals surface area contributed by atoms with Crippen molar-refractivity contribution >= 4 is 46.4 Å². The number of amides is 2. The number of anilines is 2. The summed E-state index contributed by atoms with van der Waals surface area (Å²) >= 11 is 11.9. The van der Waals surface area contributed by atoms with Crippen LogP contribution in [0.25, 0.3) is 0 Å². The van der Waals surface area contributed by atoms with E-state index in [0.717, 1.165) is 0 Å². The molecule has 0 bridgehead atoms. The Labute approximate surface area is 115 Å². The molecule has 96 valence electrons. The first-order valence-corrected chi connectivity index (χ1v) is 6.30. The molecule has 2 amide bonds. The second-order valence-electron chi connectivity index (χ2n) is 4.15. The average molecular weight is 287 g/mol. The molecule has 0 aromatic heterocycles. The third kappa shape index (κ3) is 2.76. The number of hydrogen-bond donors (Lipinski definition) is 1. The van der Waals surface area contributed by atoms with E-state index in [1.165, 1.54) is 6.92 Å². The van der Waals surface area contributed by atoms with Crippen molar-refractivity contribution in [3.05, 3.63) is 23.2 Å². The molecule has 1 aromatic carbocycles. The third-order valence-electron chi connectivity index (χ3n) is 2.64. The van der Waals surface area contributed by atoms with E-state index in [2.05, 4.69) is 5.32 Å². The normalized spacial score (nSPS) is 19.2. The highest BCUT2D eigenvalue weighted by atomic mass is 35.5. The lowest BCUT2D eigenvalue weighted by atomic mass is 10.2. The fourth-order valence-electron chi connectivity index (χ4n) is 1.92. The van der Waals surface area contributed by atoms with Crippen LogP contribution in [0.3, 0.4) is 0 Å². The van der Waals surface area contributed by atoms with Gasteiger partial charge in [0.25, 0.3) is 0 Å². The van der Waals surface area contributed by atoms with Gasteiger partial charge in [-0.3, -0.25) is 9.59 Å². The predicted molar refractivity (Wildman–Crippen MR) is 72.4 cm³/mol. The smallest absolute Gasteiger partial charge is 0.228 e. The number of nitrogens with zero attached hydrogens (tertiary/aromatic N) is 1. The lowest BCUT2D eigenvalue weighted by Gasteiger charge is -2.20. The molecule has 1 aromatic rings. The highest BCUT2D eigenvalue weighted by molar-refractivity contribution is 6.31. The summed E-state index contributed by atoms with van der Waals surface area (Å²) in [6.45, 7) is 1.84. The van der Waals surface area contributed by atoms with E-state index in [1.54, 1.807) is 23.1 Å². The number of rotatable bonds is 2. The highest BCUT2D eigenvalue weighted by Crippen LogP contribution is 2.33. The number of carbonyl (C=O) groups is 2. The summed E-state index contributed by atoms with van der Waals surface area (Å²) in [5.74, 6) is -0.267. The molecule has 1 atom stereocenters. The van der Waals surface area contributed by atoms with Crippen molar-refractivity contribution in [3.8, 4) is 0 Å². The summed E-state index contributed by atoms with van der Waals surface area (Å²) in [6, 6.07) is 4.99. The molecule has 2 rings (SSSR count). The SMILES string of the molecule is CC(=O)Nc1ccc(Cl)cc1N1CC(Cl)CC1=O. The van der Waals surface area contributed by atoms with Crippen LogP contribution in [-0.4, -0.2) is 23.7 Å². The first kappa shape index (κ1) is 13.2. The Morgan fingerprint density at radius 1 is 1.50 bits per heavy atom. The quantitative estimate of drug-likeness (QED) is 0.850. The summed E-state index contributed by atoms with van der Waals surface area (Å²) in [7, 11) is 0. The van der Waals surface area contributed by atoms with E-state index in [1.807, 2.05) is 0 Å². The van der Waals surface area contributed by atoms with Gasteiger partial charge in [-0.05, 0) is 18.2 Å². The number of hydrogen-bond acceptors (Lipinski definition) is 2. The lowest BCUT2D eigenvalue weighted by Crippen LogP contribution is -2.26. The Bertz CT molecular complexity index is 505. The second-order valence-corrected chi connectivity index (χ2v) is 5.20. The molecule has 1 saturated heterocycles. The van der Waals surface area contributed by atoms with E-state index in [0.29, 0.717) is 29.4 Å². The van der Waals surface area contributed by atoms with Gasteiger partial charge in [-0.1, -0.05) is 11.6 Å². The molecule has 18 heavy (non-hydrogen) atoms. The van der Waals surface area contributed by atoms with Gasteiger partial charge in [0, 0.05) is 24.9 Å². The van der Waals surface area contributed by atoms with Crippen molar-refractivity contribution in [3.63, 3.8) is 0 Å². The molecule has 1 unspecified atom stereocenters. The molecule has 1 aliphatic heterocycles. The van der Waals surface area contributed by atoms with E-state index in [-0.39, 0.29) is 17.2 Å². The molecule has 1 heterocycles. The van der Waals surface area contributed by atoms with E-state index < -0.39 is 0 Å². The Morgan fingerprint density at radius 2 is 2.22 bits per heavy atom. The van der Waals surface area contributed by atoms with Gasteiger partial charge < -0.3 is 10.2 Å². The Morgan fingerprint density at radius 3 is 2.78 bits per heavy atom. The van der Waals surface area contributed by atoms with Crippen LogP contribution < -0.4 is 10.2 Å². The Kier molecular flexibility index (Phi) is 3.78. The van der Waals surface area contributed by atoms with Gasteiger partial charge in [0.1, 0.15) is 0 Å². The maximum atomic E-state index is 11.8. The zero-order valence-corrected chi connectivity index (χ0v) is 11.3. The van der Waals surface area contributed by atoms with E-state index in [4.69, 9.17) is 23.2 Å². The fraction of sp³-hybridized carbons (Fsp3) is 0.333. The first-order valence-electron chi connectivity index (χ1n) is 5.49. The molecule has 1 N–H and O–H groups in total. The number of benzene rings is 1. The third-order valence-corrected chi connectivity index (χ3v) is 3.17.